The molecular formula is C30H26N2O5S. The van der Waals surface area contributed by atoms with Gasteiger partial charge >= 0.3 is 0 Å². The number of benzene rings is 4. The van der Waals surface area contributed by atoms with Crippen LogP contribution in [0.3, 0.4) is 0 Å². The molecule has 0 aliphatic carbocycles. The molecule has 0 bridgehead atoms. The van der Waals surface area contributed by atoms with Gasteiger partial charge in [0.1, 0.15) is 0 Å². The highest BCUT2D eigenvalue weighted by Gasteiger charge is 2.70. The molecule has 2 atom stereocenters. The van der Waals surface area contributed by atoms with Crippen molar-refractivity contribution in [2.45, 2.75) is 36.5 Å². The van der Waals surface area contributed by atoms with E-state index < -0.39 is 31.5 Å². The third-order valence-electron chi connectivity index (χ3n) is 7.15. The molecule has 1 aliphatic heterocycles. The lowest BCUT2D eigenvalue weighted by atomic mass is 9.76. The van der Waals surface area contributed by atoms with Crippen LogP contribution in [-0.4, -0.2) is 19.2 Å². The summed E-state index contributed by atoms with van der Waals surface area (Å²) in [5, 5.41) is 11.4. The third-order valence-corrected chi connectivity index (χ3v) is 9.52. The average molecular weight is 527 g/mol. The Balaban J connectivity index is 1.81. The Morgan fingerprint density at radius 3 is 1.71 bits per heavy atom. The molecule has 4 aromatic carbocycles. The van der Waals surface area contributed by atoms with E-state index in [4.69, 9.17) is 0 Å². The van der Waals surface area contributed by atoms with E-state index in [9.17, 15) is 23.3 Å². The Bertz CT molecular complexity index is 1630. The first-order valence-electron chi connectivity index (χ1n) is 12.1. The number of hydrogen-bond acceptors (Lipinski definition) is 5. The Labute approximate surface area is 221 Å². The van der Waals surface area contributed by atoms with Gasteiger partial charge in [-0.1, -0.05) is 65.2 Å². The Morgan fingerprint density at radius 1 is 0.737 bits per heavy atom. The third kappa shape index (κ3) is 3.80. The molecule has 1 amide bonds. The smallest absolute Gasteiger partial charge is 0.269 e. The summed E-state index contributed by atoms with van der Waals surface area (Å²) < 4.78 is 27.1. The van der Waals surface area contributed by atoms with Crippen LogP contribution in [0.5, 0.6) is 0 Å². The molecule has 1 saturated heterocycles. The highest BCUT2D eigenvalue weighted by atomic mass is 32.2. The molecule has 4 aromatic rings. The van der Waals surface area contributed by atoms with Crippen LogP contribution in [0.2, 0.25) is 0 Å². The molecule has 0 saturated carbocycles. The molecule has 7 nitrogen and oxygen atoms in total. The van der Waals surface area contributed by atoms with Crippen LogP contribution in [0.4, 0.5) is 11.4 Å². The second-order valence-electron chi connectivity index (χ2n) is 9.68. The maximum absolute atomic E-state index is 14.6. The van der Waals surface area contributed by atoms with Gasteiger partial charge < -0.3 is 4.90 Å². The topological polar surface area (TPSA) is 97.6 Å². The van der Waals surface area contributed by atoms with Crippen molar-refractivity contribution in [3.8, 4) is 0 Å². The summed E-state index contributed by atoms with van der Waals surface area (Å²) in [6, 6.07) is 25.5. The minimum Gasteiger partial charge on any atom is -0.301 e. The SMILES string of the molecule is Cc1ccc([C@@H]2N(c3ccc(C)cc3)C(=O)[C@]2(c2ccc([N+](=O)[O-])cc2)S(=O)(=O)c2ccc(C)cc2)cc1. The number of rotatable bonds is 6. The zero-order valence-corrected chi connectivity index (χ0v) is 22.0. The van der Waals surface area contributed by atoms with Crippen LogP contribution >= 0.6 is 0 Å². The van der Waals surface area contributed by atoms with E-state index in [0.717, 1.165) is 16.7 Å². The van der Waals surface area contributed by atoms with Gasteiger partial charge in [-0.3, -0.25) is 14.9 Å². The average Bonchev–Trinajstić information content (AvgIpc) is 2.90. The van der Waals surface area contributed by atoms with Gasteiger partial charge in [0.25, 0.3) is 11.6 Å². The van der Waals surface area contributed by atoms with Gasteiger partial charge in [-0.05, 0) is 68.3 Å². The fraction of sp³-hybridized carbons (Fsp3) is 0.167. The van der Waals surface area contributed by atoms with Crippen LogP contribution in [-0.2, 0) is 19.4 Å². The van der Waals surface area contributed by atoms with Crippen LogP contribution in [0.15, 0.2) is 102 Å². The number of amides is 1. The van der Waals surface area contributed by atoms with Crippen LogP contribution in [0, 0.1) is 30.9 Å². The van der Waals surface area contributed by atoms with Crippen LogP contribution < -0.4 is 4.90 Å². The van der Waals surface area contributed by atoms with E-state index in [0.29, 0.717) is 11.3 Å². The van der Waals surface area contributed by atoms with Gasteiger partial charge in [0, 0.05) is 17.8 Å². The highest BCUT2D eigenvalue weighted by Crippen LogP contribution is 2.58. The van der Waals surface area contributed by atoms with E-state index in [-0.39, 0.29) is 16.1 Å². The first kappa shape index (κ1) is 25.4. The van der Waals surface area contributed by atoms with Gasteiger partial charge in [0.15, 0.2) is 9.84 Å². The fourth-order valence-corrected chi connectivity index (χ4v) is 7.24. The van der Waals surface area contributed by atoms with Crippen molar-refractivity contribution in [3.05, 3.63) is 135 Å². The number of nitro benzene ring substituents is 1. The van der Waals surface area contributed by atoms with Gasteiger partial charge in [0.2, 0.25) is 4.75 Å². The lowest BCUT2D eigenvalue weighted by Crippen LogP contribution is -2.69. The molecule has 0 radical (unpaired) electrons. The number of anilines is 1. The molecular weight excluding hydrogens is 500 g/mol. The predicted molar refractivity (Wildman–Crippen MR) is 146 cm³/mol. The van der Waals surface area contributed by atoms with Crippen LogP contribution in [0.25, 0.3) is 0 Å². The van der Waals surface area contributed by atoms with Gasteiger partial charge in [-0.15, -0.1) is 0 Å². The Hall–Kier alpha value is -4.30. The maximum atomic E-state index is 14.6. The van der Waals surface area contributed by atoms with E-state index in [1.54, 1.807) is 24.3 Å². The molecule has 38 heavy (non-hydrogen) atoms. The first-order chi connectivity index (χ1) is 18.1. The zero-order chi connectivity index (χ0) is 27.2. The number of sulfone groups is 1. The summed E-state index contributed by atoms with van der Waals surface area (Å²) in [6.45, 7) is 5.72. The minimum atomic E-state index is -4.33. The molecule has 0 spiro atoms. The minimum absolute atomic E-state index is 0.00969. The van der Waals surface area contributed by atoms with E-state index >= 15 is 0 Å². The number of nitrogens with zero attached hydrogens (tertiary/aromatic N) is 2. The molecule has 1 heterocycles. The molecule has 0 N–H and O–H groups in total. The van der Waals surface area contributed by atoms with E-state index in [1.807, 2.05) is 57.2 Å². The largest absolute Gasteiger partial charge is 0.301 e. The normalized spacial score (nSPS) is 19.2. The second-order valence-corrected chi connectivity index (χ2v) is 11.8. The summed E-state index contributed by atoms with van der Waals surface area (Å²) in [6.07, 6.45) is 0. The Kier molecular flexibility index (Phi) is 6.15. The summed E-state index contributed by atoms with van der Waals surface area (Å²) in [7, 11) is -4.33. The number of hydrogen-bond donors (Lipinski definition) is 0. The van der Waals surface area contributed by atoms with Crippen LogP contribution in [0.1, 0.15) is 33.9 Å². The van der Waals surface area contributed by atoms with Gasteiger partial charge in [-0.2, -0.15) is 0 Å². The highest BCUT2D eigenvalue weighted by molar-refractivity contribution is 7.93. The number of nitro groups is 1. The Morgan fingerprint density at radius 2 is 1.21 bits per heavy atom. The van der Waals surface area contributed by atoms with Crippen molar-refractivity contribution in [2.24, 2.45) is 0 Å². The van der Waals surface area contributed by atoms with Crippen molar-refractivity contribution in [3.63, 3.8) is 0 Å². The number of carbonyl (C=O) groups is 1. The van der Waals surface area contributed by atoms with E-state index in [2.05, 4.69) is 0 Å². The summed E-state index contributed by atoms with van der Waals surface area (Å²) in [5.41, 5.74) is 4.08. The second kappa shape index (κ2) is 9.22. The monoisotopic (exact) mass is 526 g/mol. The first-order valence-corrected chi connectivity index (χ1v) is 13.6. The van der Waals surface area contributed by atoms with Crippen molar-refractivity contribution >= 4 is 27.1 Å². The van der Waals surface area contributed by atoms with Gasteiger partial charge in [-0.25, -0.2) is 8.42 Å². The number of aryl methyl sites for hydroxylation is 3. The van der Waals surface area contributed by atoms with E-state index in [1.165, 1.54) is 41.3 Å². The standard InChI is InChI=1S/C30H26N2O5S/c1-20-4-10-23(11-5-20)28-30(24-12-16-26(17-13-24)32(34)35,38(36,37)27-18-8-22(3)9-19-27)29(33)31(28)25-14-6-21(2)7-15-25/h4-19,28H,1-3H3/t28-,30+/m0/s1. The lowest BCUT2D eigenvalue weighted by molar-refractivity contribution is -0.384. The zero-order valence-electron chi connectivity index (χ0n) is 21.2. The molecule has 1 aliphatic rings. The van der Waals surface area contributed by atoms with Crippen molar-refractivity contribution in [2.75, 3.05) is 4.90 Å². The predicted octanol–water partition coefficient (Wildman–Crippen LogP) is 5.98. The van der Waals surface area contributed by atoms with Gasteiger partial charge in [0.05, 0.1) is 15.9 Å². The molecule has 0 unspecified atom stereocenters. The number of carbonyl (C=O) groups excluding carboxylic acids is 1. The summed E-state index contributed by atoms with van der Waals surface area (Å²) in [4.78, 5) is 26.7. The summed E-state index contributed by atoms with van der Waals surface area (Å²) >= 11 is 0. The molecule has 5 rings (SSSR count). The number of non-ortho nitro benzene ring substituents is 1. The molecule has 8 heteroatoms. The number of β-lactam (4-membered cyclic amide) rings is 1. The quantitative estimate of drug-likeness (QED) is 0.175. The molecule has 192 valence electrons. The lowest BCUT2D eigenvalue weighted by Gasteiger charge is -2.55. The van der Waals surface area contributed by atoms with Crippen molar-refractivity contribution in [1.29, 1.82) is 0 Å². The maximum Gasteiger partial charge on any atom is 0.269 e. The van der Waals surface area contributed by atoms with Crippen molar-refractivity contribution < 1.29 is 18.1 Å². The summed E-state index contributed by atoms with van der Waals surface area (Å²) in [5.74, 6) is -0.610. The fourth-order valence-electron chi connectivity index (χ4n) is 5.07. The van der Waals surface area contributed by atoms with Crippen molar-refractivity contribution in [1.82, 2.24) is 0 Å². The molecule has 0 aromatic heterocycles. The molecule has 1 fully saturated rings.